The summed E-state index contributed by atoms with van der Waals surface area (Å²) >= 11 is 1.42. The van der Waals surface area contributed by atoms with Crippen molar-refractivity contribution in [1.82, 2.24) is 25.2 Å². The van der Waals surface area contributed by atoms with Crippen molar-refractivity contribution >= 4 is 45.5 Å². The number of piperazine rings is 1. The number of thiophene rings is 1. The number of H-pyrrole nitrogens is 1. The summed E-state index contributed by atoms with van der Waals surface area (Å²) in [6.07, 6.45) is 3.66. The fourth-order valence-corrected chi connectivity index (χ4v) is 5.59. The number of aromatic amines is 1. The Morgan fingerprint density at radius 3 is 2.79 bits per heavy atom. The Morgan fingerprint density at radius 2 is 1.89 bits per heavy atom. The van der Waals surface area contributed by atoms with E-state index in [1.54, 1.807) is 6.20 Å². The first kappa shape index (κ1) is 24.1. The molecule has 3 aromatic heterocycles. The number of hydrogen-bond acceptors (Lipinski definition) is 7. The number of likely N-dealkylation sites (N-methyl/N-ethyl adjacent to an activating group) is 1. The van der Waals surface area contributed by atoms with Crippen molar-refractivity contribution in [2.24, 2.45) is 0 Å². The van der Waals surface area contributed by atoms with Gasteiger partial charge in [-0.3, -0.25) is 4.79 Å². The summed E-state index contributed by atoms with van der Waals surface area (Å²) in [5, 5.41) is 7.51. The van der Waals surface area contributed by atoms with Crippen molar-refractivity contribution in [2.75, 3.05) is 43.4 Å². The molecular formula is C29H29N7OS. The van der Waals surface area contributed by atoms with Gasteiger partial charge in [0.1, 0.15) is 0 Å². The van der Waals surface area contributed by atoms with Crippen LogP contribution in [-0.2, 0) is 6.54 Å². The van der Waals surface area contributed by atoms with E-state index in [0.717, 1.165) is 58.9 Å². The third-order valence-electron chi connectivity index (χ3n) is 6.83. The molecule has 0 unspecified atom stereocenters. The second kappa shape index (κ2) is 10.6. The number of carbonyl (C=O) groups excluding carboxylic acids is 1. The number of anilines is 3. The number of rotatable bonds is 7. The second-order valence-electron chi connectivity index (χ2n) is 9.43. The van der Waals surface area contributed by atoms with E-state index in [-0.39, 0.29) is 5.91 Å². The summed E-state index contributed by atoms with van der Waals surface area (Å²) in [6.45, 7) is 4.62. The van der Waals surface area contributed by atoms with Crippen LogP contribution >= 0.6 is 11.3 Å². The predicted molar refractivity (Wildman–Crippen MR) is 154 cm³/mol. The van der Waals surface area contributed by atoms with E-state index in [2.05, 4.69) is 55.6 Å². The first-order valence-electron chi connectivity index (χ1n) is 12.7. The molecule has 2 aromatic carbocycles. The van der Waals surface area contributed by atoms with Gasteiger partial charge < -0.3 is 25.4 Å². The number of amides is 1. The fourth-order valence-electron chi connectivity index (χ4n) is 4.70. The Morgan fingerprint density at radius 1 is 1.03 bits per heavy atom. The lowest BCUT2D eigenvalue weighted by Gasteiger charge is -2.34. The third kappa shape index (κ3) is 5.25. The van der Waals surface area contributed by atoms with Crippen LogP contribution in [0.25, 0.3) is 21.5 Å². The van der Waals surface area contributed by atoms with Gasteiger partial charge in [-0.15, -0.1) is 11.3 Å². The molecule has 1 aliphatic rings. The average molecular weight is 524 g/mol. The van der Waals surface area contributed by atoms with Crippen molar-refractivity contribution in [3.8, 4) is 10.6 Å². The Kier molecular flexibility index (Phi) is 6.76. The molecule has 6 rings (SSSR count). The molecule has 5 aromatic rings. The van der Waals surface area contributed by atoms with Crippen molar-refractivity contribution in [3.05, 3.63) is 89.6 Å². The monoisotopic (exact) mass is 523 g/mol. The fraction of sp³-hybridized carbons (Fsp3) is 0.207. The summed E-state index contributed by atoms with van der Waals surface area (Å²) in [6, 6.07) is 22.1. The maximum absolute atomic E-state index is 12.9. The van der Waals surface area contributed by atoms with Crippen LogP contribution in [0.1, 0.15) is 15.2 Å². The molecule has 0 saturated carbocycles. The highest BCUT2D eigenvalue weighted by Gasteiger charge is 2.15. The molecule has 1 saturated heterocycles. The highest BCUT2D eigenvalue weighted by Crippen LogP contribution is 2.28. The number of nitrogens with one attached hydrogen (secondary N) is 3. The zero-order valence-corrected chi connectivity index (χ0v) is 22.0. The molecule has 1 fully saturated rings. The van der Waals surface area contributed by atoms with Crippen LogP contribution in [0.4, 0.5) is 17.3 Å². The summed E-state index contributed by atoms with van der Waals surface area (Å²) in [7, 11) is 2.16. The van der Waals surface area contributed by atoms with Crippen molar-refractivity contribution in [1.29, 1.82) is 0 Å². The predicted octanol–water partition coefficient (Wildman–Crippen LogP) is 5.11. The summed E-state index contributed by atoms with van der Waals surface area (Å²) in [5.74, 6) is 0.430. The summed E-state index contributed by atoms with van der Waals surface area (Å²) in [5.41, 5.74) is 5.06. The van der Waals surface area contributed by atoms with E-state index in [9.17, 15) is 4.79 Å². The molecule has 9 heteroatoms. The number of carbonyl (C=O) groups is 1. The second-order valence-corrected chi connectivity index (χ2v) is 10.5. The van der Waals surface area contributed by atoms with Gasteiger partial charge in [-0.2, -0.15) is 0 Å². The van der Waals surface area contributed by atoms with Crippen LogP contribution in [0.5, 0.6) is 0 Å². The van der Waals surface area contributed by atoms with Gasteiger partial charge in [-0.1, -0.05) is 18.2 Å². The molecule has 0 spiro atoms. The molecule has 1 aliphatic heterocycles. The lowest BCUT2D eigenvalue weighted by atomic mass is 10.1. The van der Waals surface area contributed by atoms with Crippen LogP contribution in [0, 0.1) is 0 Å². The lowest BCUT2D eigenvalue weighted by Crippen LogP contribution is -2.44. The minimum absolute atomic E-state index is 0.0954. The maximum atomic E-state index is 12.9. The normalized spacial score (nSPS) is 14.1. The van der Waals surface area contributed by atoms with Gasteiger partial charge in [0.2, 0.25) is 5.95 Å². The smallest absolute Gasteiger partial charge is 0.261 e. The Hall–Kier alpha value is -4.21. The highest BCUT2D eigenvalue weighted by molar-refractivity contribution is 7.17. The van der Waals surface area contributed by atoms with Crippen LogP contribution in [-0.4, -0.2) is 59.0 Å². The number of nitrogens with zero attached hydrogens (tertiary/aromatic N) is 4. The number of hydrogen-bond donors (Lipinski definition) is 3. The van der Waals surface area contributed by atoms with E-state index >= 15 is 0 Å². The first-order chi connectivity index (χ1) is 18.6. The quantitative estimate of drug-likeness (QED) is 0.275. The summed E-state index contributed by atoms with van der Waals surface area (Å²) in [4.78, 5) is 31.5. The highest BCUT2D eigenvalue weighted by atomic mass is 32.1. The molecule has 0 bridgehead atoms. The molecular weight excluding hydrogens is 494 g/mol. The van der Waals surface area contributed by atoms with E-state index < -0.39 is 0 Å². The number of aromatic nitrogens is 3. The van der Waals surface area contributed by atoms with Gasteiger partial charge in [-0.05, 0) is 61.1 Å². The zero-order chi connectivity index (χ0) is 25.9. The van der Waals surface area contributed by atoms with E-state index in [1.165, 1.54) is 17.0 Å². The van der Waals surface area contributed by atoms with Crippen LogP contribution in [0.2, 0.25) is 0 Å². The minimum Gasteiger partial charge on any atom is -0.369 e. The third-order valence-corrected chi connectivity index (χ3v) is 7.94. The Balaban J connectivity index is 1.12. The van der Waals surface area contributed by atoms with Crippen LogP contribution in [0.3, 0.4) is 0 Å². The lowest BCUT2D eigenvalue weighted by molar-refractivity contribution is 0.0955. The van der Waals surface area contributed by atoms with E-state index in [0.29, 0.717) is 17.4 Å². The Bertz CT molecular complexity index is 1570. The Labute approximate surface area is 225 Å². The molecule has 0 atom stereocenters. The molecule has 4 heterocycles. The van der Waals surface area contributed by atoms with Crippen molar-refractivity contribution in [2.45, 2.75) is 6.54 Å². The van der Waals surface area contributed by atoms with Gasteiger partial charge >= 0.3 is 0 Å². The van der Waals surface area contributed by atoms with Gasteiger partial charge in [0.05, 0.1) is 15.4 Å². The molecule has 3 N–H and O–H groups in total. The molecule has 1 amide bonds. The molecule has 8 nitrogen and oxygen atoms in total. The summed E-state index contributed by atoms with van der Waals surface area (Å²) < 4.78 is 0. The maximum Gasteiger partial charge on any atom is 0.261 e. The van der Waals surface area contributed by atoms with Gasteiger partial charge in [0, 0.05) is 67.4 Å². The largest absolute Gasteiger partial charge is 0.369 e. The molecule has 0 radical (unpaired) electrons. The molecule has 0 aliphatic carbocycles. The topological polar surface area (TPSA) is 89.2 Å². The molecule has 38 heavy (non-hydrogen) atoms. The van der Waals surface area contributed by atoms with Crippen molar-refractivity contribution in [3.63, 3.8) is 0 Å². The van der Waals surface area contributed by atoms with Gasteiger partial charge in [0.25, 0.3) is 5.91 Å². The van der Waals surface area contributed by atoms with E-state index in [1.807, 2.05) is 54.7 Å². The minimum atomic E-state index is -0.0954. The molecule has 192 valence electrons. The zero-order valence-electron chi connectivity index (χ0n) is 21.1. The average Bonchev–Trinajstić information content (AvgIpc) is 3.63. The van der Waals surface area contributed by atoms with E-state index in [4.69, 9.17) is 4.98 Å². The first-order valence-corrected chi connectivity index (χ1v) is 13.5. The van der Waals surface area contributed by atoms with Crippen LogP contribution < -0.4 is 15.5 Å². The standard InChI is InChI=1S/C29H29N7OS/c1-35-14-16-36(17-15-35)22-6-3-5-21(18-22)33-29-31-13-11-25(34-29)26-8-9-27(38-26)28(37)32-19-20-4-2-7-24-23(20)10-12-30-24/h2-13,18,30H,14-17,19H2,1H3,(H,32,37)(H,31,33,34). The van der Waals surface area contributed by atoms with Gasteiger partial charge in [-0.25, -0.2) is 9.97 Å². The number of benzene rings is 2. The van der Waals surface area contributed by atoms with Crippen molar-refractivity contribution < 1.29 is 4.79 Å². The van der Waals surface area contributed by atoms with Crippen LogP contribution in [0.15, 0.2) is 79.1 Å². The SMILES string of the molecule is CN1CCN(c2cccc(Nc3nccc(-c4ccc(C(=O)NCc5cccc6[nH]ccc56)s4)n3)c2)CC1. The number of fused-ring (bicyclic) bond motifs is 1. The van der Waals surface area contributed by atoms with Gasteiger partial charge in [0.15, 0.2) is 0 Å².